The van der Waals surface area contributed by atoms with E-state index < -0.39 is 10.9 Å². The largest absolute Gasteiger partial charge is 0.457 e. The second kappa shape index (κ2) is 8.04. The van der Waals surface area contributed by atoms with Crippen molar-refractivity contribution >= 4 is 17.6 Å². The van der Waals surface area contributed by atoms with Crippen molar-refractivity contribution in [1.82, 2.24) is 5.32 Å². The Labute approximate surface area is 186 Å². The van der Waals surface area contributed by atoms with Crippen LogP contribution in [0, 0.1) is 27.9 Å². The summed E-state index contributed by atoms with van der Waals surface area (Å²) in [6, 6.07) is 12.8. The molecule has 7 nitrogen and oxygen atoms in total. The van der Waals surface area contributed by atoms with Gasteiger partial charge in [-0.05, 0) is 74.5 Å². The van der Waals surface area contributed by atoms with E-state index in [4.69, 9.17) is 4.74 Å². The van der Waals surface area contributed by atoms with E-state index in [1.807, 2.05) is 0 Å². The number of carbonyl (C=O) groups excluding carboxylic acids is 2. The van der Waals surface area contributed by atoms with Crippen molar-refractivity contribution < 1.29 is 19.2 Å². The smallest absolute Gasteiger partial charge is 0.339 e. The number of carbonyl (C=O) groups is 2. The van der Waals surface area contributed by atoms with E-state index in [1.54, 1.807) is 42.5 Å². The monoisotopic (exact) mass is 434 g/mol. The highest BCUT2D eigenvalue weighted by Crippen LogP contribution is 2.55. The Bertz CT molecular complexity index is 1040. The standard InChI is InChI=1S/C25H26N2O5/c28-23(26-25-12-16-9-17(13-25)11-18(10-16)14-25)20-6-2-3-7-21(20)24(29)32-15-19-5-1-4-8-22(19)27(30)31/h1-8,16-18H,9-15H2,(H,26,28). The van der Waals surface area contributed by atoms with Crippen molar-refractivity contribution in [2.75, 3.05) is 0 Å². The molecule has 0 aliphatic heterocycles. The number of ether oxygens (including phenoxy) is 1. The SMILES string of the molecule is O=C(NC12CC3CC(CC(C3)C1)C2)c1ccccc1C(=O)OCc1ccccc1[N+](=O)[O-]. The minimum absolute atomic E-state index is 0.104. The van der Waals surface area contributed by atoms with E-state index >= 15 is 0 Å². The Kier molecular flexibility index (Phi) is 5.19. The molecule has 4 aliphatic carbocycles. The van der Waals surface area contributed by atoms with Crippen molar-refractivity contribution in [1.29, 1.82) is 0 Å². The number of amides is 1. The molecule has 32 heavy (non-hydrogen) atoms. The van der Waals surface area contributed by atoms with Crippen LogP contribution in [0.5, 0.6) is 0 Å². The first-order chi connectivity index (χ1) is 15.4. The van der Waals surface area contributed by atoms with Crippen LogP contribution in [0.1, 0.15) is 64.8 Å². The number of esters is 1. The molecule has 0 heterocycles. The molecular weight excluding hydrogens is 408 g/mol. The summed E-state index contributed by atoms with van der Waals surface area (Å²) in [5.74, 6) is 1.18. The minimum Gasteiger partial charge on any atom is -0.457 e. The van der Waals surface area contributed by atoms with Crippen molar-refractivity contribution in [3.63, 3.8) is 0 Å². The molecule has 0 aromatic heterocycles. The summed E-state index contributed by atoms with van der Waals surface area (Å²) in [5.41, 5.74) is 0.506. The van der Waals surface area contributed by atoms with Crippen LogP contribution in [-0.2, 0) is 11.3 Å². The quantitative estimate of drug-likeness (QED) is 0.405. The van der Waals surface area contributed by atoms with Gasteiger partial charge in [0.2, 0.25) is 0 Å². The van der Waals surface area contributed by atoms with Crippen LogP contribution in [0.2, 0.25) is 0 Å². The molecule has 6 rings (SSSR count). The number of hydrogen-bond donors (Lipinski definition) is 1. The average molecular weight is 434 g/mol. The maximum absolute atomic E-state index is 13.3. The highest BCUT2D eigenvalue weighted by molar-refractivity contribution is 6.05. The summed E-state index contributed by atoms with van der Waals surface area (Å²) in [6.07, 6.45) is 6.91. The van der Waals surface area contributed by atoms with Gasteiger partial charge >= 0.3 is 5.97 Å². The van der Waals surface area contributed by atoms with Gasteiger partial charge in [-0.3, -0.25) is 14.9 Å². The highest BCUT2D eigenvalue weighted by atomic mass is 16.6. The molecule has 7 heteroatoms. The maximum Gasteiger partial charge on any atom is 0.339 e. The van der Waals surface area contributed by atoms with E-state index in [-0.39, 0.29) is 34.9 Å². The van der Waals surface area contributed by atoms with Crippen LogP contribution in [0.3, 0.4) is 0 Å². The zero-order valence-electron chi connectivity index (χ0n) is 17.8. The molecule has 0 spiro atoms. The Morgan fingerprint density at radius 3 is 2.12 bits per heavy atom. The first kappa shape index (κ1) is 20.7. The molecule has 4 saturated carbocycles. The lowest BCUT2D eigenvalue weighted by atomic mass is 9.53. The number of nitrogens with one attached hydrogen (secondary N) is 1. The zero-order valence-corrected chi connectivity index (χ0v) is 17.8. The second-order valence-electron chi connectivity index (χ2n) is 9.66. The van der Waals surface area contributed by atoms with Gasteiger partial charge in [0.05, 0.1) is 21.6 Å². The highest BCUT2D eigenvalue weighted by Gasteiger charge is 2.51. The van der Waals surface area contributed by atoms with Gasteiger partial charge in [0.15, 0.2) is 0 Å². The van der Waals surface area contributed by atoms with Gasteiger partial charge in [-0.15, -0.1) is 0 Å². The molecule has 2 aromatic rings. The van der Waals surface area contributed by atoms with Crippen LogP contribution in [0.4, 0.5) is 5.69 Å². The Morgan fingerprint density at radius 2 is 1.50 bits per heavy atom. The minimum atomic E-state index is -0.667. The lowest BCUT2D eigenvalue weighted by molar-refractivity contribution is -0.385. The van der Waals surface area contributed by atoms with Crippen molar-refractivity contribution in [2.24, 2.45) is 17.8 Å². The normalized spacial score (nSPS) is 27.7. The fraction of sp³-hybridized carbons (Fsp3) is 0.440. The van der Waals surface area contributed by atoms with Crippen LogP contribution >= 0.6 is 0 Å². The van der Waals surface area contributed by atoms with Gasteiger partial charge < -0.3 is 10.1 Å². The predicted octanol–water partition coefficient (Wildman–Crippen LogP) is 4.65. The van der Waals surface area contributed by atoms with Crippen LogP contribution in [0.15, 0.2) is 48.5 Å². The molecule has 166 valence electrons. The first-order valence-electron chi connectivity index (χ1n) is 11.2. The lowest BCUT2D eigenvalue weighted by Crippen LogP contribution is -2.59. The molecule has 1 N–H and O–H groups in total. The lowest BCUT2D eigenvalue weighted by Gasteiger charge is -2.56. The van der Waals surface area contributed by atoms with Gasteiger partial charge in [0.1, 0.15) is 6.61 Å². The summed E-state index contributed by atoms with van der Waals surface area (Å²) in [6.45, 7) is -0.235. The summed E-state index contributed by atoms with van der Waals surface area (Å²) in [4.78, 5) is 36.8. The van der Waals surface area contributed by atoms with E-state index in [9.17, 15) is 19.7 Å². The number of rotatable bonds is 6. The Balaban J connectivity index is 1.31. The summed E-state index contributed by atoms with van der Waals surface area (Å²) < 4.78 is 5.37. The van der Waals surface area contributed by atoms with E-state index in [0.29, 0.717) is 23.3 Å². The number of nitro groups is 1. The van der Waals surface area contributed by atoms with Crippen LogP contribution in [0.25, 0.3) is 0 Å². The molecule has 1 amide bonds. The molecule has 0 atom stereocenters. The third-order valence-corrected chi connectivity index (χ3v) is 7.36. The van der Waals surface area contributed by atoms with E-state index in [1.165, 1.54) is 25.3 Å². The fourth-order valence-electron chi connectivity index (χ4n) is 6.46. The topological polar surface area (TPSA) is 98.5 Å². The van der Waals surface area contributed by atoms with Crippen LogP contribution < -0.4 is 5.32 Å². The first-order valence-corrected chi connectivity index (χ1v) is 11.2. The van der Waals surface area contributed by atoms with Crippen LogP contribution in [-0.4, -0.2) is 22.3 Å². The molecule has 4 aliphatic rings. The molecule has 2 aromatic carbocycles. The van der Waals surface area contributed by atoms with Gasteiger partial charge in [0.25, 0.3) is 11.6 Å². The third kappa shape index (κ3) is 3.87. The van der Waals surface area contributed by atoms with Gasteiger partial charge in [-0.2, -0.15) is 0 Å². The summed E-state index contributed by atoms with van der Waals surface area (Å²) in [5, 5.41) is 14.5. The Morgan fingerprint density at radius 1 is 0.938 bits per heavy atom. The molecule has 4 fully saturated rings. The molecule has 0 radical (unpaired) electrons. The van der Waals surface area contributed by atoms with E-state index in [2.05, 4.69) is 5.32 Å². The molecule has 4 bridgehead atoms. The van der Waals surface area contributed by atoms with E-state index in [0.717, 1.165) is 19.3 Å². The number of benzene rings is 2. The number of hydrogen-bond acceptors (Lipinski definition) is 5. The van der Waals surface area contributed by atoms with Crippen molar-refractivity contribution in [3.8, 4) is 0 Å². The third-order valence-electron chi connectivity index (χ3n) is 7.36. The van der Waals surface area contributed by atoms with Gasteiger partial charge in [0, 0.05) is 11.6 Å². The summed E-state index contributed by atoms with van der Waals surface area (Å²) in [7, 11) is 0. The number of nitro benzene ring substituents is 1. The predicted molar refractivity (Wildman–Crippen MR) is 117 cm³/mol. The maximum atomic E-state index is 13.3. The van der Waals surface area contributed by atoms with Gasteiger partial charge in [-0.25, -0.2) is 4.79 Å². The van der Waals surface area contributed by atoms with Crippen molar-refractivity contribution in [3.05, 3.63) is 75.3 Å². The molecule has 0 saturated heterocycles. The summed E-state index contributed by atoms with van der Waals surface area (Å²) >= 11 is 0. The van der Waals surface area contributed by atoms with Gasteiger partial charge in [-0.1, -0.05) is 24.3 Å². The average Bonchev–Trinajstić information content (AvgIpc) is 2.76. The number of nitrogens with zero attached hydrogens (tertiary/aromatic N) is 1. The Hall–Kier alpha value is -3.22. The molecule has 0 unspecified atom stereocenters. The van der Waals surface area contributed by atoms with Crippen molar-refractivity contribution in [2.45, 2.75) is 50.7 Å². The zero-order chi connectivity index (χ0) is 22.3. The fourth-order valence-corrected chi connectivity index (χ4v) is 6.46. The molecular formula is C25H26N2O5. The second-order valence-corrected chi connectivity index (χ2v) is 9.66. The number of para-hydroxylation sites is 1.